The van der Waals surface area contributed by atoms with Crippen LogP contribution in [0, 0.1) is 17.3 Å². The van der Waals surface area contributed by atoms with Crippen molar-refractivity contribution >= 4 is 0 Å². The Bertz CT molecular complexity index is 193. The van der Waals surface area contributed by atoms with Crippen LogP contribution < -0.4 is 0 Å². The molecule has 0 amide bonds. The molecule has 1 N–H and O–H groups in total. The molecule has 1 nitrogen and oxygen atoms in total. The molecule has 3 atom stereocenters. The molecular formula is C10H16O. The molecule has 3 aliphatic carbocycles. The van der Waals surface area contributed by atoms with Crippen LogP contribution >= 0.6 is 0 Å². The summed E-state index contributed by atoms with van der Waals surface area (Å²) in [4.78, 5) is 0. The lowest BCUT2D eigenvalue weighted by Gasteiger charge is -2.46. The smallest absolute Gasteiger partial charge is 0.0608 e. The number of fused-ring (bicyclic) bond motifs is 2. The van der Waals surface area contributed by atoms with E-state index in [1.54, 1.807) is 0 Å². The van der Waals surface area contributed by atoms with Gasteiger partial charge in [-0.1, -0.05) is 26.0 Å². The molecule has 11 heavy (non-hydrogen) atoms. The molecule has 2 bridgehead atoms. The molecule has 0 aliphatic heterocycles. The molecular weight excluding hydrogens is 136 g/mol. The van der Waals surface area contributed by atoms with Gasteiger partial charge in [-0.15, -0.1) is 0 Å². The Balaban J connectivity index is 2.27. The van der Waals surface area contributed by atoms with Crippen molar-refractivity contribution in [1.82, 2.24) is 0 Å². The van der Waals surface area contributed by atoms with Crippen LogP contribution in [0.3, 0.4) is 0 Å². The van der Waals surface area contributed by atoms with E-state index in [-0.39, 0.29) is 6.10 Å². The second-order valence-corrected chi connectivity index (χ2v) is 4.65. The minimum absolute atomic E-state index is 0.0574. The molecule has 3 unspecified atom stereocenters. The van der Waals surface area contributed by atoms with Crippen molar-refractivity contribution < 1.29 is 5.11 Å². The van der Waals surface area contributed by atoms with E-state index in [9.17, 15) is 5.11 Å². The van der Waals surface area contributed by atoms with Gasteiger partial charge < -0.3 is 5.11 Å². The normalized spacial score (nSPS) is 46.3. The average molecular weight is 152 g/mol. The van der Waals surface area contributed by atoms with Crippen LogP contribution in [-0.4, -0.2) is 11.2 Å². The molecule has 0 aromatic heterocycles. The van der Waals surface area contributed by atoms with Crippen LogP contribution in [0.2, 0.25) is 0 Å². The van der Waals surface area contributed by atoms with E-state index in [4.69, 9.17) is 0 Å². The molecule has 0 spiro atoms. The molecule has 0 aromatic rings. The van der Waals surface area contributed by atoms with E-state index in [1.165, 1.54) is 0 Å². The number of allylic oxidation sites excluding steroid dienone is 1. The molecule has 0 radical (unpaired) electrons. The number of rotatable bonds is 0. The number of hydrogen-bond acceptors (Lipinski definition) is 1. The zero-order valence-corrected chi connectivity index (χ0v) is 7.25. The van der Waals surface area contributed by atoms with Gasteiger partial charge in [-0.05, 0) is 24.2 Å². The van der Waals surface area contributed by atoms with Gasteiger partial charge in [-0.25, -0.2) is 0 Å². The third-order valence-electron chi connectivity index (χ3n) is 3.35. The highest BCUT2D eigenvalue weighted by Gasteiger charge is 2.42. The first-order chi connectivity index (χ1) is 5.09. The largest absolute Gasteiger partial charge is 0.392 e. The predicted octanol–water partition coefficient (Wildman–Crippen LogP) is 1.97. The summed E-state index contributed by atoms with van der Waals surface area (Å²) in [6.07, 6.45) is 6.58. The Morgan fingerprint density at radius 1 is 1.36 bits per heavy atom. The first-order valence-corrected chi connectivity index (χ1v) is 4.46. The molecule has 0 aromatic carbocycles. The van der Waals surface area contributed by atoms with E-state index >= 15 is 0 Å². The molecule has 1 saturated carbocycles. The summed E-state index contributed by atoms with van der Waals surface area (Å²) < 4.78 is 0. The summed E-state index contributed by atoms with van der Waals surface area (Å²) in [5.74, 6) is 1.05. The van der Waals surface area contributed by atoms with Gasteiger partial charge in [-0.2, -0.15) is 0 Å². The third kappa shape index (κ3) is 1.02. The molecule has 1 heteroatoms. The summed E-state index contributed by atoms with van der Waals surface area (Å²) in [5.41, 5.74) is 0.429. The Morgan fingerprint density at radius 3 is 2.36 bits per heavy atom. The Hall–Kier alpha value is -0.300. The van der Waals surface area contributed by atoms with E-state index in [0.717, 1.165) is 12.8 Å². The lowest BCUT2D eigenvalue weighted by atomic mass is 9.60. The van der Waals surface area contributed by atoms with Gasteiger partial charge in [0.25, 0.3) is 0 Å². The van der Waals surface area contributed by atoms with Gasteiger partial charge in [0.2, 0.25) is 0 Å². The minimum atomic E-state index is -0.0574. The van der Waals surface area contributed by atoms with Gasteiger partial charge in [0.05, 0.1) is 6.10 Å². The molecule has 62 valence electrons. The van der Waals surface area contributed by atoms with Crippen LogP contribution in [0.1, 0.15) is 26.7 Å². The maximum atomic E-state index is 9.58. The van der Waals surface area contributed by atoms with Crippen molar-refractivity contribution in [2.75, 3.05) is 0 Å². The summed E-state index contributed by atoms with van der Waals surface area (Å²) in [6, 6.07) is 0. The SMILES string of the molecule is CC1(C)CC2C=CC1CC2O. The van der Waals surface area contributed by atoms with Gasteiger partial charge in [-0.3, -0.25) is 0 Å². The van der Waals surface area contributed by atoms with E-state index in [0.29, 0.717) is 17.3 Å². The summed E-state index contributed by atoms with van der Waals surface area (Å²) in [7, 11) is 0. The van der Waals surface area contributed by atoms with Crippen LogP contribution in [0.25, 0.3) is 0 Å². The second-order valence-electron chi connectivity index (χ2n) is 4.65. The van der Waals surface area contributed by atoms with Crippen molar-refractivity contribution in [1.29, 1.82) is 0 Å². The number of aliphatic hydroxyl groups excluding tert-OH is 1. The van der Waals surface area contributed by atoms with Crippen LogP contribution in [0.4, 0.5) is 0 Å². The van der Waals surface area contributed by atoms with Gasteiger partial charge >= 0.3 is 0 Å². The lowest BCUT2D eigenvalue weighted by Crippen LogP contribution is -2.42. The average Bonchev–Trinajstić information content (AvgIpc) is 1.90. The first-order valence-electron chi connectivity index (χ1n) is 4.46. The zero-order chi connectivity index (χ0) is 8.06. The predicted molar refractivity (Wildman–Crippen MR) is 45.1 cm³/mol. The maximum Gasteiger partial charge on any atom is 0.0608 e. The highest BCUT2D eigenvalue weighted by atomic mass is 16.3. The second kappa shape index (κ2) is 2.10. The quantitative estimate of drug-likeness (QED) is 0.526. The summed E-state index contributed by atoms with van der Waals surface area (Å²) in [5, 5.41) is 9.58. The fourth-order valence-corrected chi connectivity index (χ4v) is 2.46. The van der Waals surface area contributed by atoms with E-state index in [2.05, 4.69) is 26.0 Å². The molecule has 0 heterocycles. The van der Waals surface area contributed by atoms with Gasteiger partial charge in [0, 0.05) is 5.92 Å². The third-order valence-corrected chi connectivity index (χ3v) is 3.35. The van der Waals surface area contributed by atoms with Crippen molar-refractivity contribution in [3.63, 3.8) is 0 Å². The molecule has 3 aliphatic rings. The first kappa shape index (κ1) is 7.35. The minimum Gasteiger partial charge on any atom is -0.392 e. The topological polar surface area (TPSA) is 20.2 Å². The van der Waals surface area contributed by atoms with Crippen LogP contribution in [0.15, 0.2) is 12.2 Å². The number of hydrogen-bond donors (Lipinski definition) is 1. The van der Waals surface area contributed by atoms with E-state index in [1.807, 2.05) is 0 Å². The number of aliphatic hydroxyl groups is 1. The Labute approximate surface area is 68.1 Å². The fourth-order valence-electron chi connectivity index (χ4n) is 2.46. The summed E-state index contributed by atoms with van der Waals surface area (Å²) in [6.45, 7) is 4.61. The lowest BCUT2D eigenvalue weighted by molar-refractivity contribution is 0.00256. The van der Waals surface area contributed by atoms with Crippen molar-refractivity contribution in [3.05, 3.63) is 12.2 Å². The monoisotopic (exact) mass is 152 g/mol. The Morgan fingerprint density at radius 2 is 2.09 bits per heavy atom. The standard InChI is InChI=1S/C10H16O/c1-10(2)6-7-3-4-8(10)5-9(7)11/h3-4,7-9,11H,5-6H2,1-2H3. The van der Waals surface area contributed by atoms with Gasteiger partial charge in [0.1, 0.15) is 0 Å². The molecule has 0 saturated heterocycles. The van der Waals surface area contributed by atoms with Crippen molar-refractivity contribution in [2.24, 2.45) is 17.3 Å². The summed E-state index contributed by atoms with van der Waals surface area (Å²) >= 11 is 0. The van der Waals surface area contributed by atoms with Gasteiger partial charge in [0.15, 0.2) is 0 Å². The highest BCUT2D eigenvalue weighted by Crippen LogP contribution is 2.48. The highest BCUT2D eigenvalue weighted by molar-refractivity contribution is 5.12. The van der Waals surface area contributed by atoms with E-state index < -0.39 is 0 Å². The van der Waals surface area contributed by atoms with Crippen LogP contribution in [-0.2, 0) is 0 Å². The van der Waals surface area contributed by atoms with Crippen molar-refractivity contribution in [3.8, 4) is 0 Å². The Kier molecular flexibility index (Phi) is 1.40. The van der Waals surface area contributed by atoms with Crippen molar-refractivity contribution in [2.45, 2.75) is 32.8 Å². The molecule has 3 rings (SSSR count). The zero-order valence-electron chi connectivity index (χ0n) is 7.25. The molecule has 1 fully saturated rings. The van der Waals surface area contributed by atoms with Crippen LogP contribution in [0.5, 0.6) is 0 Å². The maximum absolute atomic E-state index is 9.58. The fraction of sp³-hybridized carbons (Fsp3) is 0.800.